The van der Waals surface area contributed by atoms with Crippen LogP contribution in [0.4, 0.5) is 5.69 Å². The van der Waals surface area contributed by atoms with Gasteiger partial charge in [-0.05, 0) is 51.7 Å². The van der Waals surface area contributed by atoms with Crippen LogP contribution in [0.25, 0.3) is 11.0 Å². The molecule has 0 aliphatic heterocycles. The summed E-state index contributed by atoms with van der Waals surface area (Å²) in [6, 6.07) is 6.17. The topological polar surface area (TPSA) is 47.1 Å². The summed E-state index contributed by atoms with van der Waals surface area (Å²) < 4.78 is 2.43. The largest absolute Gasteiger partial charge is 0.399 e. The number of unbranched alkanes of at least 4 members (excludes halogenated alkanes) is 14. The van der Waals surface area contributed by atoms with Gasteiger partial charge in [0.05, 0.1) is 11.0 Å². The van der Waals surface area contributed by atoms with Gasteiger partial charge >= 0.3 is 0 Å². The normalized spacial score (nSPS) is 11.8. The van der Waals surface area contributed by atoms with Crippen LogP contribution in [0.5, 0.6) is 0 Å². The van der Waals surface area contributed by atoms with Gasteiger partial charge in [0.25, 0.3) is 0 Å². The Morgan fingerprint density at radius 1 is 0.758 bits per heavy atom. The van der Waals surface area contributed by atoms with Gasteiger partial charge in [-0.15, -0.1) is 0 Å². The Balaban J connectivity index is 1.58. The Morgan fingerprint density at radius 3 is 1.85 bits per heavy atom. The van der Waals surface area contributed by atoms with Gasteiger partial charge in [-0.25, -0.2) is 4.98 Å². The Labute approximate surface area is 204 Å². The van der Waals surface area contributed by atoms with Crippen LogP contribution in [0.2, 0.25) is 0 Å². The summed E-state index contributed by atoms with van der Waals surface area (Å²) in [7, 11) is 4.28. The SMILES string of the molecule is CCCCCCCCCCCCCCCCCc1nc2cc(N)ccc2n1CCCN(C)C. The first-order valence-corrected chi connectivity index (χ1v) is 14.0. The predicted octanol–water partition coefficient (Wildman–Crippen LogP) is 7.98. The highest BCUT2D eigenvalue weighted by Crippen LogP contribution is 2.21. The van der Waals surface area contributed by atoms with Gasteiger partial charge in [-0.1, -0.05) is 96.8 Å². The lowest BCUT2D eigenvalue weighted by Crippen LogP contribution is -2.16. The van der Waals surface area contributed by atoms with E-state index in [9.17, 15) is 0 Å². The third-order valence-electron chi connectivity index (χ3n) is 6.84. The van der Waals surface area contributed by atoms with E-state index < -0.39 is 0 Å². The summed E-state index contributed by atoms with van der Waals surface area (Å²) in [5.74, 6) is 1.24. The Hall–Kier alpha value is -1.55. The molecule has 4 nitrogen and oxygen atoms in total. The van der Waals surface area contributed by atoms with Crippen molar-refractivity contribution in [3.05, 3.63) is 24.0 Å². The van der Waals surface area contributed by atoms with Crippen molar-refractivity contribution in [2.24, 2.45) is 0 Å². The number of hydrogen-bond donors (Lipinski definition) is 1. The van der Waals surface area contributed by atoms with Crippen LogP contribution in [0, 0.1) is 0 Å². The van der Waals surface area contributed by atoms with Crippen molar-refractivity contribution in [3.8, 4) is 0 Å². The van der Waals surface area contributed by atoms with E-state index in [0.717, 1.165) is 37.1 Å². The fraction of sp³-hybridized carbons (Fsp3) is 0.759. The minimum Gasteiger partial charge on any atom is -0.399 e. The molecule has 2 aromatic rings. The van der Waals surface area contributed by atoms with Gasteiger partial charge in [-0.2, -0.15) is 0 Å². The first-order valence-electron chi connectivity index (χ1n) is 14.0. The predicted molar refractivity (Wildman–Crippen MR) is 146 cm³/mol. The van der Waals surface area contributed by atoms with Gasteiger partial charge in [0.2, 0.25) is 0 Å². The van der Waals surface area contributed by atoms with E-state index in [-0.39, 0.29) is 0 Å². The molecule has 0 saturated heterocycles. The van der Waals surface area contributed by atoms with Crippen molar-refractivity contribution in [1.82, 2.24) is 14.5 Å². The maximum Gasteiger partial charge on any atom is 0.109 e. The fourth-order valence-electron chi connectivity index (χ4n) is 4.84. The monoisotopic (exact) mass is 456 g/mol. The fourth-order valence-corrected chi connectivity index (χ4v) is 4.84. The smallest absolute Gasteiger partial charge is 0.109 e. The van der Waals surface area contributed by atoms with Crippen molar-refractivity contribution in [1.29, 1.82) is 0 Å². The summed E-state index contributed by atoms with van der Waals surface area (Å²) in [4.78, 5) is 7.20. The molecule has 1 aromatic carbocycles. The number of nitrogens with two attached hydrogens (primary N) is 1. The van der Waals surface area contributed by atoms with Crippen molar-refractivity contribution in [2.75, 3.05) is 26.4 Å². The molecule has 0 fully saturated rings. The first kappa shape index (κ1) is 27.7. The minimum absolute atomic E-state index is 0.805. The van der Waals surface area contributed by atoms with Crippen LogP contribution in [0.1, 0.15) is 115 Å². The minimum atomic E-state index is 0.805. The average molecular weight is 457 g/mol. The number of benzene rings is 1. The third-order valence-corrected chi connectivity index (χ3v) is 6.84. The van der Waals surface area contributed by atoms with Crippen LogP contribution in [-0.2, 0) is 13.0 Å². The molecule has 33 heavy (non-hydrogen) atoms. The lowest BCUT2D eigenvalue weighted by molar-refractivity contribution is 0.386. The van der Waals surface area contributed by atoms with E-state index in [2.05, 4.69) is 36.6 Å². The standard InChI is InChI=1S/C29H52N4/c1-4-5-6-7-8-9-10-11-12-13-14-15-16-17-18-20-29-31-27-25-26(30)21-22-28(27)33(29)24-19-23-32(2)3/h21-22,25H,4-20,23-24,30H2,1-3H3. The lowest BCUT2D eigenvalue weighted by Gasteiger charge is -2.12. The molecule has 0 atom stereocenters. The molecule has 0 unspecified atom stereocenters. The zero-order valence-electron chi connectivity index (χ0n) is 22.1. The zero-order valence-corrected chi connectivity index (χ0v) is 22.1. The van der Waals surface area contributed by atoms with Gasteiger partial charge in [0.1, 0.15) is 5.82 Å². The molecule has 188 valence electrons. The number of rotatable bonds is 20. The van der Waals surface area contributed by atoms with E-state index in [0.29, 0.717) is 0 Å². The molecule has 0 spiro atoms. The van der Waals surface area contributed by atoms with Gasteiger partial charge in [0, 0.05) is 18.7 Å². The van der Waals surface area contributed by atoms with E-state index in [1.807, 2.05) is 12.1 Å². The van der Waals surface area contributed by atoms with Crippen molar-refractivity contribution < 1.29 is 0 Å². The number of aryl methyl sites for hydroxylation is 2. The number of anilines is 1. The van der Waals surface area contributed by atoms with Crippen molar-refractivity contribution in [3.63, 3.8) is 0 Å². The number of nitrogen functional groups attached to an aromatic ring is 1. The number of fused-ring (bicyclic) bond motifs is 1. The zero-order chi connectivity index (χ0) is 23.7. The molecule has 0 saturated carbocycles. The summed E-state index contributed by atoms with van der Waals surface area (Å²) >= 11 is 0. The van der Waals surface area contributed by atoms with Gasteiger partial charge in [0.15, 0.2) is 0 Å². The average Bonchev–Trinajstić information content (AvgIpc) is 3.12. The molecule has 0 radical (unpaired) electrons. The maximum absolute atomic E-state index is 6.00. The summed E-state index contributed by atoms with van der Waals surface area (Å²) in [6.45, 7) is 4.43. The van der Waals surface area contributed by atoms with E-state index in [1.165, 1.54) is 108 Å². The summed E-state index contributed by atoms with van der Waals surface area (Å²) in [5, 5.41) is 0. The molecule has 0 aliphatic rings. The van der Waals surface area contributed by atoms with Gasteiger partial charge in [-0.3, -0.25) is 0 Å². The second-order valence-electron chi connectivity index (χ2n) is 10.3. The highest BCUT2D eigenvalue weighted by Gasteiger charge is 2.11. The quantitative estimate of drug-likeness (QED) is 0.162. The second kappa shape index (κ2) is 17.0. The van der Waals surface area contributed by atoms with Crippen LogP contribution >= 0.6 is 0 Å². The van der Waals surface area contributed by atoms with E-state index in [1.54, 1.807) is 0 Å². The molecule has 0 bridgehead atoms. The molecule has 4 heteroatoms. The van der Waals surface area contributed by atoms with Crippen molar-refractivity contribution >= 4 is 16.7 Å². The lowest BCUT2D eigenvalue weighted by atomic mass is 10.0. The molecule has 0 amide bonds. The van der Waals surface area contributed by atoms with Crippen LogP contribution in [0.3, 0.4) is 0 Å². The Kier molecular flexibility index (Phi) is 14.2. The maximum atomic E-state index is 6.00. The van der Waals surface area contributed by atoms with Crippen LogP contribution in [-0.4, -0.2) is 35.1 Å². The van der Waals surface area contributed by atoms with Crippen LogP contribution < -0.4 is 5.73 Å². The van der Waals surface area contributed by atoms with Crippen molar-refractivity contribution in [2.45, 2.75) is 123 Å². The van der Waals surface area contributed by atoms with Crippen LogP contribution in [0.15, 0.2) is 18.2 Å². The summed E-state index contributed by atoms with van der Waals surface area (Å²) in [5.41, 5.74) is 9.09. The number of imidazole rings is 1. The highest BCUT2D eigenvalue weighted by atomic mass is 15.1. The second-order valence-corrected chi connectivity index (χ2v) is 10.3. The molecule has 1 heterocycles. The van der Waals surface area contributed by atoms with E-state index in [4.69, 9.17) is 10.7 Å². The molecule has 2 rings (SSSR count). The Morgan fingerprint density at radius 2 is 1.30 bits per heavy atom. The van der Waals surface area contributed by atoms with Gasteiger partial charge < -0.3 is 15.2 Å². The number of nitrogens with zero attached hydrogens (tertiary/aromatic N) is 3. The number of aromatic nitrogens is 2. The third kappa shape index (κ3) is 11.4. The molecule has 0 aliphatic carbocycles. The molecular weight excluding hydrogens is 404 g/mol. The molecule has 1 aromatic heterocycles. The van der Waals surface area contributed by atoms with E-state index >= 15 is 0 Å². The Bertz CT molecular complexity index is 749. The first-order chi connectivity index (χ1) is 16.1. The summed E-state index contributed by atoms with van der Waals surface area (Å²) in [6.07, 6.45) is 23.3. The molecular formula is C29H52N4. The highest BCUT2D eigenvalue weighted by molar-refractivity contribution is 5.79. The number of hydrogen-bond acceptors (Lipinski definition) is 3. The molecule has 2 N–H and O–H groups in total.